The van der Waals surface area contributed by atoms with Crippen LogP contribution in [0.2, 0.25) is 0 Å². The van der Waals surface area contributed by atoms with Crippen LogP contribution < -0.4 is 5.32 Å². The highest BCUT2D eigenvalue weighted by Crippen LogP contribution is 2.35. The Morgan fingerprint density at radius 1 is 1.41 bits per heavy atom. The number of carboxylic acid groups (broad SMARTS) is 1. The van der Waals surface area contributed by atoms with E-state index in [-0.39, 0.29) is 17.5 Å². The van der Waals surface area contributed by atoms with E-state index < -0.39 is 6.09 Å². The zero-order chi connectivity index (χ0) is 19.8. The zero-order valence-electron chi connectivity index (χ0n) is 16.8. The number of thiophene rings is 1. The number of hydrogen-bond donors (Lipinski definition) is 2. The number of likely N-dealkylation sites (tertiary alicyclic amines) is 1. The molecule has 0 bridgehead atoms. The second-order valence-corrected chi connectivity index (χ2v) is 10.1. The molecule has 0 aromatic carbocycles. The van der Waals surface area contributed by atoms with Crippen LogP contribution >= 0.6 is 11.3 Å². The first-order chi connectivity index (χ1) is 12.6. The molecule has 2 N–H and O–H groups in total. The average Bonchev–Trinajstić information content (AvgIpc) is 2.96. The van der Waals surface area contributed by atoms with Gasteiger partial charge in [0.25, 0.3) is 0 Å². The molecule has 0 aliphatic carbocycles. The third-order valence-electron chi connectivity index (χ3n) is 5.18. The molecule has 3 rings (SSSR count). The molecule has 27 heavy (non-hydrogen) atoms. The van der Waals surface area contributed by atoms with E-state index >= 15 is 0 Å². The van der Waals surface area contributed by atoms with Crippen molar-refractivity contribution in [2.75, 3.05) is 11.9 Å². The van der Waals surface area contributed by atoms with Gasteiger partial charge in [-0.1, -0.05) is 34.6 Å². The minimum Gasteiger partial charge on any atom is -0.465 e. The Morgan fingerprint density at radius 2 is 2.15 bits per heavy atom. The number of anilines is 1. The third kappa shape index (κ3) is 4.51. The molecule has 148 valence electrons. The minimum atomic E-state index is -0.825. The highest BCUT2D eigenvalue weighted by atomic mass is 32.1. The van der Waals surface area contributed by atoms with Gasteiger partial charge >= 0.3 is 6.09 Å². The van der Waals surface area contributed by atoms with E-state index in [0.717, 1.165) is 35.3 Å². The zero-order valence-corrected chi connectivity index (χ0v) is 17.6. The monoisotopic (exact) mass is 390 g/mol. The Bertz CT molecular complexity index is 812. The standard InChI is InChI=1S/C20H30N4O2S/c1-12(2)8-14-10-15-17(21-11-22-18(15)27-14)23-13-6-7-24(19(25)26)16(9-13)20(3,4)5/h10-13,16H,6-9H2,1-5H3,(H,25,26)(H,21,22,23). The van der Waals surface area contributed by atoms with E-state index in [0.29, 0.717) is 12.5 Å². The van der Waals surface area contributed by atoms with Gasteiger partial charge in [0, 0.05) is 23.5 Å². The van der Waals surface area contributed by atoms with E-state index in [9.17, 15) is 9.90 Å². The fraction of sp³-hybridized carbons (Fsp3) is 0.650. The van der Waals surface area contributed by atoms with Crippen LogP contribution in [0.3, 0.4) is 0 Å². The maximum absolute atomic E-state index is 11.6. The van der Waals surface area contributed by atoms with E-state index in [1.807, 2.05) is 0 Å². The predicted octanol–water partition coefficient (Wildman–Crippen LogP) is 4.86. The largest absolute Gasteiger partial charge is 0.465 e. The number of piperidine rings is 1. The first kappa shape index (κ1) is 19.9. The molecular formula is C20H30N4O2S. The highest BCUT2D eigenvalue weighted by Gasteiger charge is 2.38. The first-order valence-corrected chi connectivity index (χ1v) is 10.5. The lowest BCUT2D eigenvalue weighted by Gasteiger charge is -2.44. The summed E-state index contributed by atoms with van der Waals surface area (Å²) in [6.07, 6.45) is 3.41. The second-order valence-electron chi connectivity index (χ2n) is 8.98. The molecule has 1 fully saturated rings. The number of fused-ring (bicyclic) bond motifs is 1. The summed E-state index contributed by atoms with van der Waals surface area (Å²) in [5.74, 6) is 1.48. The van der Waals surface area contributed by atoms with Crippen LogP contribution in [0.15, 0.2) is 12.4 Å². The van der Waals surface area contributed by atoms with Crippen LogP contribution in [0, 0.1) is 11.3 Å². The van der Waals surface area contributed by atoms with Gasteiger partial charge in [-0.05, 0) is 36.7 Å². The van der Waals surface area contributed by atoms with E-state index in [2.05, 4.69) is 56.0 Å². The lowest BCUT2D eigenvalue weighted by atomic mass is 9.79. The van der Waals surface area contributed by atoms with Crippen LogP contribution in [0.5, 0.6) is 0 Å². The summed E-state index contributed by atoms with van der Waals surface area (Å²) in [7, 11) is 0. The van der Waals surface area contributed by atoms with Crippen LogP contribution in [-0.2, 0) is 6.42 Å². The van der Waals surface area contributed by atoms with Crippen molar-refractivity contribution in [1.82, 2.24) is 14.9 Å². The number of nitrogens with zero attached hydrogens (tertiary/aromatic N) is 3. The number of rotatable bonds is 4. The molecule has 2 atom stereocenters. The van der Waals surface area contributed by atoms with Gasteiger partial charge in [-0.3, -0.25) is 0 Å². The summed E-state index contributed by atoms with van der Waals surface area (Å²) in [5, 5.41) is 14.2. The van der Waals surface area contributed by atoms with Gasteiger partial charge in [-0.15, -0.1) is 11.3 Å². The van der Waals surface area contributed by atoms with Gasteiger partial charge < -0.3 is 15.3 Å². The lowest BCUT2D eigenvalue weighted by molar-refractivity contribution is 0.0557. The second kappa shape index (κ2) is 7.62. The van der Waals surface area contributed by atoms with Crippen LogP contribution in [0.4, 0.5) is 10.6 Å². The summed E-state index contributed by atoms with van der Waals surface area (Å²) in [6, 6.07) is 2.39. The molecule has 0 radical (unpaired) electrons. The van der Waals surface area contributed by atoms with Crippen molar-refractivity contribution < 1.29 is 9.90 Å². The average molecular weight is 391 g/mol. The Labute approximate surface area is 165 Å². The molecule has 2 aromatic heterocycles. The SMILES string of the molecule is CC(C)Cc1cc2c(NC3CCN(C(=O)O)C(C(C)(C)C)C3)ncnc2s1. The molecule has 1 amide bonds. The summed E-state index contributed by atoms with van der Waals surface area (Å²) >= 11 is 1.73. The normalized spacial score (nSPS) is 21.0. The molecule has 6 nitrogen and oxygen atoms in total. The number of carbonyl (C=O) groups is 1. The molecule has 2 aromatic rings. The maximum Gasteiger partial charge on any atom is 0.407 e. The molecular weight excluding hydrogens is 360 g/mol. The maximum atomic E-state index is 11.6. The van der Waals surface area contributed by atoms with Gasteiger partial charge in [0.1, 0.15) is 17.0 Å². The van der Waals surface area contributed by atoms with Crippen molar-refractivity contribution in [2.24, 2.45) is 11.3 Å². The Hall–Kier alpha value is -1.89. The van der Waals surface area contributed by atoms with Crippen molar-refractivity contribution in [1.29, 1.82) is 0 Å². The number of nitrogens with one attached hydrogen (secondary N) is 1. The fourth-order valence-corrected chi connectivity index (χ4v) is 5.07. The molecule has 7 heteroatoms. The minimum absolute atomic E-state index is 0.0162. The lowest BCUT2D eigenvalue weighted by Crippen LogP contribution is -2.54. The Kier molecular flexibility index (Phi) is 5.60. The van der Waals surface area contributed by atoms with Crippen molar-refractivity contribution in [3.63, 3.8) is 0 Å². The van der Waals surface area contributed by atoms with E-state index in [1.165, 1.54) is 4.88 Å². The highest BCUT2D eigenvalue weighted by molar-refractivity contribution is 7.18. The van der Waals surface area contributed by atoms with Gasteiger partial charge in [0.2, 0.25) is 0 Å². The molecule has 1 aliphatic heterocycles. The summed E-state index contributed by atoms with van der Waals surface area (Å²) in [5.41, 5.74) is -0.105. The van der Waals surface area contributed by atoms with Gasteiger partial charge in [-0.25, -0.2) is 14.8 Å². The van der Waals surface area contributed by atoms with Gasteiger partial charge in [0.15, 0.2) is 0 Å². The topological polar surface area (TPSA) is 78.4 Å². The fourth-order valence-electron chi connectivity index (χ4n) is 3.86. The molecule has 1 saturated heterocycles. The Balaban J connectivity index is 1.81. The number of amides is 1. The molecule has 2 unspecified atom stereocenters. The Morgan fingerprint density at radius 3 is 2.78 bits per heavy atom. The third-order valence-corrected chi connectivity index (χ3v) is 6.24. The van der Waals surface area contributed by atoms with Crippen molar-refractivity contribution in [3.05, 3.63) is 17.3 Å². The molecule has 1 aliphatic rings. The van der Waals surface area contributed by atoms with E-state index in [1.54, 1.807) is 22.6 Å². The van der Waals surface area contributed by atoms with Crippen molar-refractivity contribution in [3.8, 4) is 0 Å². The predicted molar refractivity (Wildman–Crippen MR) is 111 cm³/mol. The van der Waals surface area contributed by atoms with Crippen LogP contribution in [-0.4, -0.2) is 44.7 Å². The van der Waals surface area contributed by atoms with Gasteiger partial charge in [0.05, 0.1) is 5.39 Å². The molecule has 0 saturated carbocycles. The van der Waals surface area contributed by atoms with Crippen molar-refractivity contribution in [2.45, 2.75) is 66.0 Å². The first-order valence-electron chi connectivity index (χ1n) is 9.64. The molecule has 0 spiro atoms. The quantitative estimate of drug-likeness (QED) is 0.779. The van der Waals surface area contributed by atoms with Gasteiger partial charge in [-0.2, -0.15) is 0 Å². The van der Waals surface area contributed by atoms with Crippen molar-refractivity contribution >= 4 is 33.5 Å². The summed E-state index contributed by atoms with van der Waals surface area (Å²) in [6.45, 7) is 11.3. The summed E-state index contributed by atoms with van der Waals surface area (Å²) < 4.78 is 0. The number of hydrogen-bond acceptors (Lipinski definition) is 5. The molecule has 3 heterocycles. The smallest absolute Gasteiger partial charge is 0.407 e. The van der Waals surface area contributed by atoms with Crippen LogP contribution in [0.1, 0.15) is 52.3 Å². The summed E-state index contributed by atoms with van der Waals surface area (Å²) in [4.78, 5) is 24.5. The number of aromatic nitrogens is 2. The van der Waals surface area contributed by atoms with E-state index in [4.69, 9.17) is 0 Å². The van der Waals surface area contributed by atoms with Crippen LogP contribution in [0.25, 0.3) is 10.2 Å².